The summed E-state index contributed by atoms with van der Waals surface area (Å²) in [5, 5.41) is 0. The summed E-state index contributed by atoms with van der Waals surface area (Å²) in [6, 6.07) is 0. The van der Waals surface area contributed by atoms with Gasteiger partial charge in [-0.1, -0.05) is 281 Å². The lowest BCUT2D eigenvalue weighted by Crippen LogP contribution is -2.30. The second-order valence-electron chi connectivity index (χ2n) is 21.3. The van der Waals surface area contributed by atoms with Crippen LogP contribution < -0.4 is 0 Å². The fraction of sp³-hybridized carbons (Fsp3) is 0.833. The fourth-order valence-corrected chi connectivity index (χ4v) is 9.27. The zero-order valence-electron chi connectivity index (χ0n) is 48.2. The molecule has 0 aliphatic heterocycles. The quantitative estimate of drug-likeness (QED) is 0.0261. The molecule has 0 aliphatic carbocycles. The molecule has 0 rings (SSSR count). The average molecular weight is 1010 g/mol. The van der Waals surface area contributed by atoms with E-state index in [1.54, 1.807) is 0 Å². The minimum atomic E-state index is -0.772. The first-order valence-corrected chi connectivity index (χ1v) is 31.6. The predicted molar refractivity (Wildman–Crippen MR) is 312 cm³/mol. The summed E-state index contributed by atoms with van der Waals surface area (Å²) in [4.78, 5) is 38.0. The van der Waals surface area contributed by atoms with Crippen LogP contribution in [0.15, 0.2) is 48.6 Å². The summed E-state index contributed by atoms with van der Waals surface area (Å²) in [5.41, 5.74) is 0. The maximum Gasteiger partial charge on any atom is 0.306 e. The van der Waals surface area contributed by atoms with Crippen molar-refractivity contribution < 1.29 is 28.6 Å². The van der Waals surface area contributed by atoms with Gasteiger partial charge in [-0.15, -0.1) is 0 Å². The van der Waals surface area contributed by atoms with E-state index in [1.165, 1.54) is 218 Å². The van der Waals surface area contributed by atoms with Crippen LogP contribution in [0.4, 0.5) is 0 Å². The van der Waals surface area contributed by atoms with E-state index in [0.717, 1.165) is 77.0 Å². The molecule has 0 spiro atoms. The van der Waals surface area contributed by atoms with E-state index >= 15 is 0 Å². The molecule has 0 saturated carbocycles. The van der Waals surface area contributed by atoms with Crippen LogP contribution in [0.5, 0.6) is 0 Å². The van der Waals surface area contributed by atoms with Crippen molar-refractivity contribution in [2.75, 3.05) is 13.2 Å². The van der Waals surface area contributed by atoms with Gasteiger partial charge in [0.1, 0.15) is 13.2 Å². The van der Waals surface area contributed by atoms with Crippen molar-refractivity contribution >= 4 is 17.9 Å². The maximum absolute atomic E-state index is 12.8. The molecule has 0 heterocycles. The summed E-state index contributed by atoms with van der Waals surface area (Å²) in [6.45, 7) is 6.61. The van der Waals surface area contributed by atoms with Crippen molar-refractivity contribution in [1.82, 2.24) is 0 Å². The number of hydrogen-bond acceptors (Lipinski definition) is 6. The first-order chi connectivity index (χ1) is 35.5. The number of unbranched alkanes of at least 4 members (excludes halogenated alkanes) is 39. The molecule has 0 aliphatic rings. The van der Waals surface area contributed by atoms with Crippen LogP contribution in [0.1, 0.15) is 335 Å². The minimum Gasteiger partial charge on any atom is -0.462 e. The Labute approximate surface area is 448 Å². The zero-order chi connectivity index (χ0) is 52.2. The summed E-state index contributed by atoms with van der Waals surface area (Å²) in [5.74, 6) is -0.870. The Kier molecular flexibility index (Phi) is 58.7. The van der Waals surface area contributed by atoms with Gasteiger partial charge < -0.3 is 14.2 Å². The maximum atomic E-state index is 12.8. The smallest absolute Gasteiger partial charge is 0.306 e. The van der Waals surface area contributed by atoms with Crippen molar-refractivity contribution in [3.05, 3.63) is 48.6 Å². The monoisotopic (exact) mass is 1010 g/mol. The van der Waals surface area contributed by atoms with Gasteiger partial charge in [0.25, 0.3) is 0 Å². The van der Waals surface area contributed by atoms with Gasteiger partial charge in [0.2, 0.25) is 0 Å². The molecular weight excluding hydrogens is 889 g/mol. The van der Waals surface area contributed by atoms with Gasteiger partial charge in [0, 0.05) is 19.3 Å². The number of hydrogen-bond donors (Lipinski definition) is 0. The van der Waals surface area contributed by atoms with E-state index < -0.39 is 6.10 Å². The fourth-order valence-electron chi connectivity index (χ4n) is 9.27. The van der Waals surface area contributed by atoms with Crippen LogP contribution in [0.2, 0.25) is 0 Å². The minimum absolute atomic E-state index is 0.0721. The third-order valence-corrected chi connectivity index (χ3v) is 14.1. The third kappa shape index (κ3) is 58.3. The van der Waals surface area contributed by atoms with E-state index in [-0.39, 0.29) is 31.1 Å². The molecule has 420 valence electrons. The van der Waals surface area contributed by atoms with Gasteiger partial charge in [-0.2, -0.15) is 0 Å². The molecule has 0 amide bonds. The van der Waals surface area contributed by atoms with E-state index in [9.17, 15) is 14.4 Å². The topological polar surface area (TPSA) is 78.9 Å². The summed E-state index contributed by atoms with van der Waals surface area (Å²) in [6.07, 6.45) is 75.8. The Balaban J connectivity index is 3.98. The van der Waals surface area contributed by atoms with Crippen LogP contribution in [-0.2, 0) is 28.6 Å². The highest BCUT2D eigenvalue weighted by atomic mass is 16.6. The van der Waals surface area contributed by atoms with Crippen LogP contribution >= 0.6 is 0 Å². The molecule has 0 radical (unpaired) electrons. The van der Waals surface area contributed by atoms with Crippen LogP contribution in [0.3, 0.4) is 0 Å². The number of carbonyl (C=O) groups excluding carboxylic acids is 3. The SMILES string of the molecule is CCCCCC/C=C\CCCCCCCC(=O)OC(COC(=O)CCCCCCCCCC)COC(=O)CCCCCCCCCCCCCCCCCCCC/C=C\C/C=C\C/C=C\CCCCCCC. The molecule has 1 atom stereocenters. The van der Waals surface area contributed by atoms with Crippen LogP contribution in [-0.4, -0.2) is 37.2 Å². The Morgan fingerprint density at radius 2 is 0.500 bits per heavy atom. The van der Waals surface area contributed by atoms with Crippen LogP contribution in [0.25, 0.3) is 0 Å². The largest absolute Gasteiger partial charge is 0.462 e. The first-order valence-electron chi connectivity index (χ1n) is 31.6. The summed E-state index contributed by atoms with van der Waals surface area (Å²) < 4.78 is 16.8. The van der Waals surface area contributed by atoms with E-state index in [4.69, 9.17) is 14.2 Å². The second kappa shape index (κ2) is 60.9. The van der Waals surface area contributed by atoms with Gasteiger partial charge in [0.05, 0.1) is 0 Å². The normalized spacial score (nSPS) is 12.3. The van der Waals surface area contributed by atoms with Crippen molar-refractivity contribution in [2.24, 2.45) is 0 Å². The Bertz CT molecular complexity index is 1250. The van der Waals surface area contributed by atoms with E-state index in [0.29, 0.717) is 19.3 Å². The van der Waals surface area contributed by atoms with E-state index in [1.807, 2.05) is 0 Å². The molecule has 0 bridgehead atoms. The highest BCUT2D eigenvalue weighted by molar-refractivity contribution is 5.71. The standard InChI is InChI=1S/C66H120O6/c1-4-7-10-13-16-19-21-23-24-25-26-27-28-29-30-31-32-33-34-35-36-37-38-39-40-41-42-44-45-47-50-53-56-59-65(68)71-62-63(61-70-64(67)58-55-52-49-18-15-12-9-6-3)72-66(69)60-57-54-51-48-46-43-22-20-17-14-11-8-5-2/h20-23,25-26,28-29,63H,4-19,24,27,30-62H2,1-3H3/b22-20-,23-21-,26-25-,29-28-. The van der Waals surface area contributed by atoms with Crippen molar-refractivity contribution in [3.8, 4) is 0 Å². The average Bonchev–Trinajstić information content (AvgIpc) is 3.38. The second-order valence-corrected chi connectivity index (χ2v) is 21.3. The van der Waals surface area contributed by atoms with Crippen molar-refractivity contribution in [1.29, 1.82) is 0 Å². The highest BCUT2D eigenvalue weighted by Gasteiger charge is 2.19. The zero-order valence-corrected chi connectivity index (χ0v) is 48.2. The molecule has 0 fully saturated rings. The van der Waals surface area contributed by atoms with Gasteiger partial charge in [-0.3, -0.25) is 14.4 Å². The number of esters is 3. The predicted octanol–water partition coefficient (Wildman–Crippen LogP) is 21.4. The molecular formula is C66H120O6. The van der Waals surface area contributed by atoms with Gasteiger partial charge in [-0.25, -0.2) is 0 Å². The van der Waals surface area contributed by atoms with Gasteiger partial charge in [0.15, 0.2) is 6.10 Å². The number of carbonyl (C=O) groups is 3. The lowest BCUT2D eigenvalue weighted by atomic mass is 10.0. The third-order valence-electron chi connectivity index (χ3n) is 14.1. The van der Waals surface area contributed by atoms with Gasteiger partial charge in [-0.05, 0) is 83.5 Å². The lowest BCUT2D eigenvalue weighted by molar-refractivity contribution is -0.167. The molecule has 0 aromatic heterocycles. The molecule has 0 aromatic rings. The van der Waals surface area contributed by atoms with E-state index in [2.05, 4.69) is 69.4 Å². The molecule has 6 heteroatoms. The number of allylic oxidation sites excluding steroid dienone is 8. The summed E-state index contributed by atoms with van der Waals surface area (Å²) in [7, 11) is 0. The number of ether oxygens (including phenoxy) is 3. The highest BCUT2D eigenvalue weighted by Crippen LogP contribution is 2.17. The number of rotatable bonds is 58. The molecule has 1 unspecified atom stereocenters. The molecule has 0 saturated heterocycles. The molecule has 0 aromatic carbocycles. The van der Waals surface area contributed by atoms with Crippen molar-refractivity contribution in [3.63, 3.8) is 0 Å². The lowest BCUT2D eigenvalue weighted by Gasteiger charge is -2.18. The summed E-state index contributed by atoms with van der Waals surface area (Å²) >= 11 is 0. The van der Waals surface area contributed by atoms with Gasteiger partial charge >= 0.3 is 17.9 Å². The molecule has 0 N–H and O–H groups in total. The Morgan fingerprint density at radius 3 is 0.806 bits per heavy atom. The van der Waals surface area contributed by atoms with Crippen molar-refractivity contribution in [2.45, 2.75) is 341 Å². The molecule has 6 nitrogen and oxygen atoms in total. The molecule has 72 heavy (non-hydrogen) atoms. The Morgan fingerprint density at radius 1 is 0.278 bits per heavy atom. The Hall–Kier alpha value is -2.63. The first kappa shape index (κ1) is 69.4. The van der Waals surface area contributed by atoms with Crippen LogP contribution in [0, 0.1) is 0 Å².